The molecule has 0 aliphatic heterocycles. The number of benzene rings is 1. The zero-order chi connectivity index (χ0) is 16.5. The summed E-state index contributed by atoms with van der Waals surface area (Å²) < 4.78 is 5.33. The molecule has 0 radical (unpaired) electrons. The summed E-state index contributed by atoms with van der Waals surface area (Å²) in [6.07, 6.45) is 2.06. The third-order valence-corrected chi connectivity index (χ3v) is 3.61. The molecule has 0 atom stereocenters. The fourth-order valence-corrected chi connectivity index (χ4v) is 2.20. The predicted octanol–water partition coefficient (Wildman–Crippen LogP) is 1.89. The van der Waals surface area contributed by atoms with Crippen molar-refractivity contribution < 1.29 is 9.53 Å². The Morgan fingerprint density at radius 2 is 1.92 bits per heavy atom. The zero-order valence-corrected chi connectivity index (χ0v) is 16.6. The molecule has 1 saturated carbocycles. The lowest BCUT2D eigenvalue weighted by Gasteiger charge is -2.12. The molecule has 1 aliphatic rings. The number of nitrogens with zero attached hydrogens (tertiary/aromatic N) is 1. The van der Waals surface area contributed by atoms with Gasteiger partial charge in [0.25, 0.3) is 0 Å². The van der Waals surface area contributed by atoms with Crippen molar-refractivity contribution >= 4 is 35.8 Å². The second-order valence-corrected chi connectivity index (χ2v) is 5.50. The van der Waals surface area contributed by atoms with Crippen molar-refractivity contribution in [3.8, 4) is 5.75 Å². The molecule has 7 heteroatoms. The van der Waals surface area contributed by atoms with Crippen molar-refractivity contribution in [3.05, 3.63) is 29.8 Å². The van der Waals surface area contributed by atoms with E-state index in [1.807, 2.05) is 31.2 Å². The van der Waals surface area contributed by atoms with E-state index in [4.69, 9.17) is 4.74 Å². The molecule has 0 saturated heterocycles. The van der Waals surface area contributed by atoms with Gasteiger partial charge < -0.3 is 20.7 Å². The van der Waals surface area contributed by atoms with E-state index in [1.54, 1.807) is 7.11 Å². The zero-order valence-electron chi connectivity index (χ0n) is 14.3. The third kappa shape index (κ3) is 6.94. The van der Waals surface area contributed by atoms with E-state index in [-0.39, 0.29) is 35.8 Å². The molecule has 1 aromatic carbocycles. The number of guanidine groups is 1. The first-order chi connectivity index (χ1) is 11.2. The monoisotopic (exact) mass is 446 g/mol. The van der Waals surface area contributed by atoms with E-state index in [9.17, 15) is 4.79 Å². The quantitative estimate of drug-likeness (QED) is 0.247. The Morgan fingerprint density at radius 3 is 2.58 bits per heavy atom. The van der Waals surface area contributed by atoms with E-state index in [1.165, 1.54) is 0 Å². The highest BCUT2D eigenvalue weighted by atomic mass is 127. The van der Waals surface area contributed by atoms with Gasteiger partial charge in [-0.2, -0.15) is 0 Å². The number of rotatable bonds is 8. The van der Waals surface area contributed by atoms with Crippen LogP contribution in [0.5, 0.6) is 5.75 Å². The predicted molar refractivity (Wildman–Crippen MR) is 107 cm³/mol. The van der Waals surface area contributed by atoms with E-state index < -0.39 is 0 Å². The molecule has 134 valence electrons. The van der Waals surface area contributed by atoms with Crippen LogP contribution >= 0.6 is 24.0 Å². The van der Waals surface area contributed by atoms with Crippen LogP contribution in [0.25, 0.3) is 0 Å². The van der Waals surface area contributed by atoms with Gasteiger partial charge in [0.2, 0.25) is 5.91 Å². The Labute approximate surface area is 160 Å². The molecule has 0 aromatic heterocycles. The summed E-state index contributed by atoms with van der Waals surface area (Å²) in [5.41, 5.74) is 1.04. The average molecular weight is 446 g/mol. The number of nitrogens with one attached hydrogen (secondary N) is 3. The van der Waals surface area contributed by atoms with Gasteiger partial charge in [0.1, 0.15) is 5.75 Å². The second kappa shape index (κ2) is 11.1. The molecule has 6 nitrogen and oxygen atoms in total. The van der Waals surface area contributed by atoms with Crippen molar-refractivity contribution in [2.75, 3.05) is 26.7 Å². The number of aliphatic imine (C=N–C) groups is 1. The van der Waals surface area contributed by atoms with Gasteiger partial charge in [-0.3, -0.25) is 4.79 Å². The number of amides is 1. The van der Waals surface area contributed by atoms with E-state index in [0.717, 1.165) is 36.7 Å². The number of carbonyl (C=O) groups excluding carboxylic acids is 1. The van der Waals surface area contributed by atoms with E-state index in [2.05, 4.69) is 20.9 Å². The molecule has 2 rings (SSSR count). The Kier molecular flexibility index (Phi) is 9.51. The molecular weight excluding hydrogens is 419 g/mol. The highest BCUT2D eigenvalue weighted by Gasteiger charge is 2.28. The molecule has 0 unspecified atom stereocenters. The van der Waals surface area contributed by atoms with Gasteiger partial charge in [0.15, 0.2) is 5.96 Å². The average Bonchev–Trinajstić information content (AvgIpc) is 3.41. The van der Waals surface area contributed by atoms with Gasteiger partial charge >= 0.3 is 0 Å². The van der Waals surface area contributed by atoms with Gasteiger partial charge in [-0.05, 0) is 25.8 Å². The maximum Gasteiger partial charge on any atom is 0.223 e. The van der Waals surface area contributed by atoms with Crippen molar-refractivity contribution in [2.24, 2.45) is 10.9 Å². The Bertz CT molecular complexity index is 547. The summed E-state index contributed by atoms with van der Waals surface area (Å²) in [6.45, 7) is 4.60. The lowest BCUT2D eigenvalue weighted by Crippen LogP contribution is -2.41. The number of halogens is 1. The summed E-state index contributed by atoms with van der Waals surface area (Å²) in [6, 6.07) is 7.85. The smallest absolute Gasteiger partial charge is 0.223 e. The minimum absolute atomic E-state index is 0. The molecular formula is C17H27IN4O2. The SMILES string of the molecule is CCNC(=NCc1ccccc1OC)NCCNC(=O)C1CC1.I. The Balaban J connectivity index is 0.00000288. The molecule has 1 fully saturated rings. The lowest BCUT2D eigenvalue weighted by atomic mass is 10.2. The van der Waals surface area contributed by atoms with Crippen molar-refractivity contribution in [1.29, 1.82) is 0 Å². The Hall–Kier alpha value is -1.51. The van der Waals surface area contributed by atoms with Crippen LogP contribution in [-0.4, -0.2) is 38.6 Å². The van der Waals surface area contributed by atoms with Crippen LogP contribution in [-0.2, 0) is 11.3 Å². The first kappa shape index (κ1) is 20.5. The standard InChI is InChI=1S/C17H26N4O2.HI/c1-3-18-17(20-11-10-19-16(22)13-8-9-13)21-12-14-6-4-5-7-15(14)23-2;/h4-7,13H,3,8-12H2,1-2H3,(H,19,22)(H2,18,20,21);1H. The lowest BCUT2D eigenvalue weighted by molar-refractivity contribution is -0.122. The van der Waals surface area contributed by atoms with Gasteiger partial charge in [-0.1, -0.05) is 18.2 Å². The van der Waals surface area contributed by atoms with Gasteiger partial charge in [0, 0.05) is 31.1 Å². The number of hydrogen-bond donors (Lipinski definition) is 3. The van der Waals surface area contributed by atoms with Crippen LogP contribution in [0.15, 0.2) is 29.3 Å². The minimum Gasteiger partial charge on any atom is -0.496 e. The first-order valence-electron chi connectivity index (χ1n) is 8.16. The second-order valence-electron chi connectivity index (χ2n) is 5.50. The third-order valence-electron chi connectivity index (χ3n) is 3.61. The van der Waals surface area contributed by atoms with Crippen LogP contribution < -0.4 is 20.7 Å². The summed E-state index contributed by atoms with van der Waals surface area (Å²) in [5.74, 6) is 1.99. The van der Waals surface area contributed by atoms with Crippen molar-refractivity contribution in [1.82, 2.24) is 16.0 Å². The summed E-state index contributed by atoms with van der Waals surface area (Å²) in [5, 5.41) is 9.36. The fourth-order valence-electron chi connectivity index (χ4n) is 2.20. The van der Waals surface area contributed by atoms with E-state index >= 15 is 0 Å². The summed E-state index contributed by atoms with van der Waals surface area (Å²) >= 11 is 0. The fraction of sp³-hybridized carbons (Fsp3) is 0.529. The molecule has 3 N–H and O–H groups in total. The molecule has 1 amide bonds. The van der Waals surface area contributed by atoms with E-state index in [0.29, 0.717) is 19.6 Å². The van der Waals surface area contributed by atoms with Crippen LogP contribution in [0.4, 0.5) is 0 Å². The summed E-state index contributed by atoms with van der Waals surface area (Å²) in [7, 11) is 1.66. The van der Waals surface area contributed by atoms with Gasteiger partial charge in [0.05, 0.1) is 13.7 Å². The highest BCUT2D eigenvalue weighted by Crippen LogP contribution is 2.28. The van der Waals surface area contributed by atoms with Gasteiger partial charge in [-0.25, -0.2) is 4.99 Å². The Morgan fingerprint density at radius 1 is 1.21 bits per heavy atom. The van der Waals surface area contributed by atoms with Crippen LogP contribution in [0.1, 0.15) is 25.3 Å². The molecule has 1 aliphatic carbocycles. The number of para-hydroxylation sites is 1. The van der Waals surface area contributed by atoms with Crippen LogP contribution in [0.3, 0.4) is 0 Å². The van der Waals surface area contributed by atoms with Crippen molar-refractivity contribution in [2.45, 2.75) is 26.3 Å². The molecule has 24 heavy (non-hydrogen) atoms. The number of hydrogen-bond acceptors (Lipinski definition) is 3. The molecule has 0 spiro atoms. The maximum atomic E-state index is 11.6. The maximum absolute atomic E-state index is 11.6. The number of methoxy groups -OCH3 is 1. The number of carbonyl (C=O) groups is 1. The van der Waals surface area contributed by atoms with Gasteiger partial charge in [-0.15, -0.1) is 24.0 Å². The minimum atomic E-state index is 0. The van der Waals surface area contributed by atoms with Crippen molar-refractivity contribution in [3.63, 3.8) is 0 Å². The largest absolute Gasteiger partial charge is 0.496 e. The topological polar surface area (TPSA) is 74.8 Å². The molecule has 1 aromatic rings. The number of ether oxygens (including phenoxy) is 1. The summed E-state index contributed by atoms with van der Waals surface area (Å²) in [4.78, 5) is 16.1. The normalized spacial score (nSPS) is 13.7. The van der Waals surface area contributed by atoms with Crippen LogP contribution in [0, 0.1) is 5.92 Å². The molecule has 0 bridgehead atoms. The molecule has 0 heterocycles. The first-order valence-corrected chi connectivity index (χ1v) is 8.16. The van der Waals surface area contributed by atoms with Crippen LogP contribution in [0.2, 0.25) is 0 Å². The highest BCUT2D eigenvalue weighted by molar-refractivity contribution is 14.0.